The number of aromatic amines is 1. The van der Waals surface area contributed by atoms with Gasteiger partial charge in [-0.1, -0.05) is 20.3 Å². The van der Waals surface area contributed by atoms with E-state index in [4.69, 9.17) is 11.5 Å². The van der Waals surface area contributed by atoms with Gasteiger partial charge in [-0.3, -0.25) is 4.79 Å². The molecule has 0 spiro atoms. The number of nitrogen functional groups attached to an aromatic ring is 1. The van der Waals surface area contributed by atoms with E-state index < -0.39 is 0 Å². The first-order valence-electron chi connectivity index (χ1n) is 5.71. The van der Waals surface area contributed by atoms with Crippen LogP contribution in [-0.2, 0) is 12.8 Å². The van der Waals surface area contributed by atoms with Crippen LogP contribution in [-0.4, -0.2) is 16.0 Å². The minimum Gasteiger partial charge on any atom is -0.383 e. The largest absolute Gasteiger partial charge is 0.383 e. The van der Waals surface area contributed by atoms with Gasteiger partial charge < -0.3 is 16.5 Å². The quantitative estimate of drug-likeness (QED) is 0.681. The maximum atomic E-state index is 11.7. The van der Waals surface area contributed by atoms with E-state index in [0.717, 1.165) is 12.8 Å². The molecule has 0 fully saturated rings. The molecule has 1 unspecified atom stereocenters. The van der Waals surface area contributed by atoms with E-state index in [0.29, 0.717) is 30.0 Å². The fourth-order valence-corrected chi connectivity index (χ4v) is 1.54. The summed E-state index contributed by atoms with van der Waals surface area (Å²) in [5.41, 5.74) is 12.0. The molecule has 0 saturated carbocycles. The van der Waals surface area contributed by atoms with Crippen LogP contribution in [0, 0.1) is 0 Å². The van der Waals surface area contributed by atoms with Crippen molar-refractivity contribution in [3.05, 3.63) is 21.7 Å². The van der Waals surface area contributed by atoms with Gasteiger partial charge in [0.15, 0.2) is 0 Å². The summed E-state index contributed by atoms with van der Waals surface area (Å²) in [4.78, 5) is 18.6. The highest BCUT2D eigenvalue weighted by molar-refractivity contribution is 5.37. The number of rotatable bonds is 5. The second kappa shape index (κ2) is 5.65. The van der Waals surface area contributed by atoms with Crippen molar-refractivity contribution in [2.45, 2.75) is 45.6 Å². The molecule has 5 N–H and O–H groups in total. The van der Waals surface area contributed by atoms with Crippen LogP contribution in [0.5, 0.6) is 0 Å². The zero-order valence-corrected chi connectivity index (χ0v) is 9.92. The highest BCUT2D eigenvalue weighted by Crippen LogP contribution is 2.06. The average molecular weight is 224 g/mol. The van der Waals surface area contributed by atoms with E-state index >= 15 is 0 Å². The number of nitrogens with one attached hydrogen (secondary N) is 1. The second-order valence-electron chi connectivity index (χ2n) is 4.00. The molecule has 16 heavy (non-hydrogen) atoms. The topological polar surface area (TPSA) is 97.8 Å². The van der Waals surface area contributed by atoms with Gasteiger partial charge in [-0.2, -0.15) is 0 Å². The first kappa shape index (κ1) is 12.7. The molecule has 0 aliphatic heterocycles. The fourth-order valence-electron chi connectivity index (χ4n) is 1.54. The third-order valence-corrected chi connectivity index (χ3v) is 2.58. The summed E-state index contributed by atoms with van der Waals surface area (Å²) in [5, 5.41) is 0. The lowest BCUT2D eigenvalue weighted by Crippen LogP contribution is -2.26. The molecule has 1 rings (SSSR count). The first-order valence-corrected chi connectivity index (χ1v) is 5.71. The Morgan fingerprint density at radius 2 is 2.12 bits per heavy atom. The molecule has 1 aromatic rings. The first-order chi connectivity index (χ1) is 7.58. The Labute approximate surface area is 95.3 Å². The van der Waals surface area contributed by atoms with Gasteiger partial charge in [-0.05, 0) is 12.8 Å². The van der Waals surface area contributed by atoms with E-state index in [-0.39, 0.29) is 11.6 Å². The maximum absolute atomic E-state index is 11.7. The number of nitrogens with zero attached hydrogens (tertiary/aromatic N) is 1. The Morgan fingerprint density at radius 3 is 2.62 bits per heavy atom. The molecule has 0 bridgehead atoms. The van der Waals surface area contributed by atoms with E-state index in [9.17, 15) is 4.79 Å². The fraction of sp³-hybridized carbons (Fsp3) is 0.636. The van der Waals surface area contributed by atoms with Crippen LogP contribution in [0.15, 0.2) is 4.79 Å². The van der Waals surface area contributed by atoms with Crippen molar-refractivity contribution in [1.29, 1.82) is 0 Å². The van der Waals surface area contributed by atoms with Gasteiger partial charge >= 0.3 is 0 Å². The summed E-state index contributed by atoms with van der Waals surface area (Å²) < 4.78 is 0. The zero-order chi connectivity index (χ0) is 12.1. The third kappa shape index (κ3) is 3.06. The molecule has 0 aliphatic rings. The summed E-state index contributed by atoms with van der Waals surface area (Å²) in [6.45, 7) is 4.00. The summed E-state index contributed by atoms with van der Waals surface area (Å²) in [5.74, 6) is 0.917. The Kier molecular flexibility index (Phi) is 4.49. The highest BCUT2D eigenvalue weighted by Gasteiger charge is 2.09. The predicted octanol–water partition coefficient (Wildman–Crippen LogP) is 0.584. The molecule has 0 amide bonds. The van der Waals surface area contributed by atoms with Crippen molar-refractivity contribution in [2.24, 2.45) is 5.73 Å². The highest BCUT2D eigenvalue weighted by atomic mass is 16.1. The number of hydrogen-bond acceptors (Lipinski definition) is 4. The lowest BCUT2D eigenvalue weighted by molar-refractivity contribution is 0.622. The SMILES string of the molecule is CCCc1c(N)nc(CC(N)CC)[nH]c1=O. The van der Waals surface area contributed by atoms with E-state index in [1.807, 2.05) is 13.8 Å². The van der Waals surface area contributed by atoms with Crippen LogP contribution in [0.25, 0.3) is 0 Å². The van der Waals surface area contributed by atoms with Crippen molar-refractivity contribution in [3.63, 3.8) is 0 Å². The maximum Gasteiger partial charge on any atom is 0.256 e. The van der Waals surface area contributed by atoms with Crippen molar-refractivity contribution in [3.8, 4) is 0 Å². The molecule has 1 atom stereocenters. The van der Waals surface area contributed by atoms with Gasteiger partial charge in [0.05, 0.1) is 5.56 Å². The molecule has 0 aromatic carbocycles. The number of nitrogens with two attached hydrogens (primary N) is 2. The monoisotopic (exact) mass is 224 g/mol. The van der Waals surface area contributed by atoms with Crippen molar-refractivity contribution < 1.29 is 0 Å². The summed E-state index contributed by atoms with van der Waals surface area (Å²) in [6.07, 6.45) is 2.94. The predicted molar refractivity (Wildman–Crippen MR) is 65.2 cm³/mol. The van der Waals surface area contributed by atoms with Crippen LogP contribution in [0.3, 0.4) is 0 Å². The normalized spacial score (nSPS) is 12.7. The molecule has 1 aromatic heterocycles. The summed E-state index contributed by atoms with van der Waals surface area (Å²) in [7, 11) is 0. The standard InChI is InChI=1S/C11H20N4O/c1-3-5-8-10(13)14-9(15-11(8)16)6-7(12)4-2/h7H,3-6,12H2,1-2H3,(H3,13,14,15,16). The minimum absolute atomic E-state index is 0.0135. The van der Waals surface area contributed by atoms with E-state index in [1.54, 1.807) is 0 Å². The van der Waals surface area contributed by atoms with Gasteiger partial charge in [0, 0.05) is 12.5 Å². The Bertz CT molecular complexity index is 399. The lowest BCUT2D eigenvalue weighted by atomic mass is 10.1. The van der Waals surface area contributed by atoms with Gasteiger partial charge in [0.1, 0.15) is 11.6 Å². The Morgan fingerprint density at radius 1 is 1.44 bits per heavy atom. The molecule has 5 nitrogen and oxygen atoms in total. The smallest absolute Gasteiger partial charge is 0.256 e. The molecular formula is C11H20N4O. The van der Waals surface area contributed by atoms with Gasteiger partial charge in [0.2, 0.25) is 0 Å². The summed E-state index contributed by atoms with van der Waals surface area (Å²) >= 11 is 0. The number of anilines is 1. The zero-order valence-electron chi connectivity index (χ0n) is 9.92. The molecule has 5 heteroatoms. The van der Waals surface area contributed by atoms with Crippen molar-refractivity contribution >= 4 is 5.82 Å². The molecule has 0 radical (unpaired) electrons. The average Bonchev–Trinajstić information content (AvgIpc) is 2.23. The molecular weight excluding hydrogens is 204 g/mol. The van der Waals surface area contributed by atoms with Crippen molar-refractivity contribution in [2.75, 3.05) is 5.73 Å². The van der Waals surface area contributed by atoms with Crippen LogP contribution in [0.4, 0.5) is 5.82 Å². The van der Waals surface area contributed by atoms with Gasteiger partial charge in [0.25, 0.3) is 5.56 Å². The number of hydrogen-bond donors (Lipinski definition) is 3. The molecule has 0 saturated heterocycles. The van der Waals surface area contributed by atoms with Crippen LogP contribution in [0.1, 0.15) is 38.1 Å². The Balaban J connectivity index is 2.96. The number of aromatic nitrogens is 2. The van der Waals surface area contributed by atoms with Crippen LogP contribution >= 0.6 is 0 Å². The molecule has 1 heterocycles. The minimum atomic E-state index is -0.132. The number of H-pyrrole nitrogens is 1. The Hall–Kier alpha value is -1.36. The summed E-state index contributed by atoms with van der Waals surface area (Å²) in [6, 6.07) is 0.0135. The lowest BCUT2D eigenvalue weighted by Gasteiger charge is -2.09. The van der Waals surface area contributed by atoms with Crippen molar-refractivity contribution in [1.82, 2.24) is 9.97 Å². The van der Waals surface area contributed by atoms with Crippen LogP contribution in [0.2, 0.25) is 0 Å². The van der Waals surface area contributed by atoms with Gasteiger partial charge in [-0.15, -0.1) is 0 Å². The van der Waals surface area contributed by atoms with Gasteiger partial charge in [-0.25, -0.2) is 4.98 Å². The molecule has 90 valence electrons. The van der Waals surface area contributed by atoms with Crippen LogP contribution < -0.4 is 17.0 Å². The van der Waals surface area contributed by atoms with E-state index in [1.165, 1.54) is 0 Å². The molecule has 0 aliphatic carbocycles. The second-order valence-corrected chi connectivity index (χ2v) is 4.00. The van der Waals surface area contributed by atoms with E-state index in [2.05, 4.69) is 9.97 Å². The third-order valence-electron chi connectivity index (χ3n) is 2.58.